The average Bonchev–Trinajstić information content (AvgIpc) is 3.33. The van der Waals surface area contributed by atoms with E-state index in [9.17, 15) is 4.79 Å². The molecule has 2 aromatic heterocycles. The molecule has 140 valence electrons. The van der Waals surface area contributed by atoms with Crippen LogP contribution in [0, 0.1) is 0 Å². The molecule has 1 unspecified atom stereocenters. The minimum atomic E-state index is -0.00438. The number of hydrogen-bond donors (Lipinski definition) is 3. The highest BCUT2D eigenvalue weighted by Crippen LogP contribution is 2.29. The van der Waals surface area contributed by atoms with E-state index in [1.165, 1.54) is 6.42 Å². The number of aromatic amines is 1. The number of nitrogens with one attached hydrogen (secondary N) is 3. The Kier molecular flexibility index (Phi) is 6.05. The van der Waals surface area contributed by atoms with Gasteiger partial charge in [-0.1, -0.05) is 0 Å². The quantitative estimate of drug-likeness (QED) is 0.735. The van der Waals surface area contributed by atoms with E-state index in [0.29, 0.717) is 6.04 Å². The van der Waals surface area contributed by atoms with Crippen LogP contribution in [0.15, 0.2) is 29.7 Å². The number of thioether (sulfide) groups is 1. The first kappa shape index (κ1) is 19.0. The van der Waals surface area contributed by atoms with Crippen LogP contribution in [0.3, 0.4) is 0 Å². The Bertz CT molecular complexity index is 803. The minimum Gasteiger partial charge on any atom is -0.348 e. The van der Waals surface area contributed by atoms with Gasteiger partial charge in [0.1, 0.15) is 17.8 Å². The topological polar surface area (TPSA) is 85.9 Å². The zero-order valence-electron chi connectivity index (χ0n) is 14.6. The standard InChI is InChI=1S/C17H22N6OS.ClH/c1-11(13-3-2-5-18-13)22-17(24)14-9-23(7-8-25-14)16-12-4-6-19-15(12)20-10-21-16;/h4,6,9-11,13,18H,2-3,5,7-8H2,1H3,(H,22,24)(H,19,20,21);1H/t11?,13-;/m0./s1. The average molecular weight is 395 g/mol. The van der Waals surface area contributed by atoms with Crippen LogP contribution < -0.4 is 15.5 Å². The number of carbonyl (C=O) groups is 1. The Balaban J connectivity index is 0.00000196. The Labute approximate surface area is 162 Å². The van der Waals surface area contributed by atoms with Gasteiger partial charge in [0.05, 0.1) is 10.3 Å². The number of carbonyl (C=O) groups excluding carboxylic acids is 1. The van der Waals surface area contributed by atoms with Crippen LogP contribution in [0.4, 0.5) is 5.82 Å². The molecule has 4 heterocycles. The monoisotopic (exact) mass is 394 g/mol. The lowest BCUT2D eigenvalue weighted by atomic mass is 10.1. The Morgan fingerprint density at radius 1 is 1.46 bits per heavy atom. The third-order valence-corrected chi connectivity index (χ3v) is 5.74. The lowest BCUT2D eigenvalue weighted by Crippen LogP contribution is -2.46. The summed E-state index contributed by atoms with van der Waals surface area (Å²) in [5, 5.41) is 7.55. The Morgan fingerprint density at radius 2 is 2.35 bits per heavy atom. The molecule has 2 atom stereocenters. The van der Waals surface area contributed by atoms with Gasteiger partial charge in [0.25, 0.3) is 5.91 Å². The van der Waals surface area contributed by atoms with Gasteiger partial charge in [-0.2, -0.15) is 0 Å². The van der Waals surface area contributed by atoms with Crippen LogP contribution in [-0.2, 0) is 4.79 Å². The van der Waals surface area contributed by atoms with E-state index in [0.717, 1.165) is 47.0 Å². The summed E-state index contributed by atoms with van der Waals surface area (Å²) in [6.07, 6.45) is 7.61. The second-order valence-corrected chi connectivity index (χ2v) is 7.57. The van der Waals surface area contributed by atoms with Gasteiger partial charge >= 0.3 is 0 Å². The third kappa shape index (κ3) is 3.82. The first-order valence-electron chi connectivity index (χ1n) is 8.66. The molecule has 2 aliphatic heterocycles. The fourth-order valence-electron chi connectivity index (χ4n) is 3.39. The van der Waals surface area contributed by atoms with Gasteiger partial charge < -0.3 is 20.5 Å². The number of amides is 1. The van der Waals surface area contributed by atoms with E-state index in [-0.39, 0.29) is 24.4 Å². The molecule has 0 spiro atoms. The maximum atomic E-state index is 12.7. The summed E-state index contributed by atoms with van der Waals surface area (Å²) in [7, 11) is 0. The Morgan fingerprint density at radius 3 is 3.15 bits per heavy atom. The molecule has 2 aliphatic rings. The van der Waals surface area contributed by atoms with Crippen molar-refractivity contribution < 1.29 is 4.79 Å². The zero-order chi connectivity index (χ0) is 17.2. The smallest absolute Gasteiger partial charge is 0.259 e. The van der Waals surface area contributed by atoms with Gasteiger partial charge in [-0.05, 0) is 32.4 Å². The van der Waals surface area contributed by atoms with Crippen molar-refractivity contribution in [1.82, 2.24) is 25.6 Å². The van der Waals surface area contributed by atoms with Crippen molar-refractivity contribution in [1.29, 1.82) is 0 Å². The highest BCUT2D eigenvalue weighted by molar-refractivity contribution is 8.04. The number of nitrogens with zero attached hydrogens (tertiary/aromatic N) is 3. The first-order chi connectivity index (χ1) is 12.2. The second-order valence-electron chi connectivity index (χ2n) is 6.44. The van der Waals surface area contributed by atoms with Crippen LogP contribution in [0.2, 0.25) is 0 Å². The molecule has 0 aliphatic carbocycles. The third-order valence-electron chi connectivity index (χ3n) is 4.75. The molecule has 0 saturated carbocycles. The van der Waals surface area contributed by atoms with E-state index in [1.54, 1.807) is 18.1 Å². The molecule has 1 saturated heterocycles. The van der Waals surface area contributed by atoms with Crippen molar-refractivity contribution in [2.45, 2.75) is 31.8 Å². The summed E-state index contributed by atoms with van der Waals surface area (Å²) in [4.78, 5) is 27.2. The first-order valence-corrected chi connectivity index (χ1v) is 9.64. The molecule has 2 aromatic rings. The van der Waals surface area contributed by atoms with Gasteiger partial charge in [0.15, 0.2) is 0 Å². The van der Waals surface area contributed by atoms with E-state index < -0.39 is 0 Å². The molecule has 0 aromatic carbocycles. The number of hydrogen-bond acceptors (Lipinski definition) is 6. The van der Waals surface area contributed by atoms with Gasteiger partial charge in [-0.25, -0.2) is 9.97 Å². The molecule has 7 nitrogen and oxygen atoms in total. The number of fused-ring (bicyclic) bond motifs is 1. The number of rotatable bonds is 4. The van der Waals surface area contributed by atoms with Crippen LogP contribution >= 0.6 is 24.2 Å². The lowest BCUT2D eigenvalue weighted by Gasteiger charge is -2.27. The molecular weight excluding hydrogens is 372 g/mol. The SMILES string of the molecule is CC(NC(=O)C1=CN(c2ncnc3[nH]ccc23)CCS1)[C@@H]1CCCN1.Cl. The maximum Gasteiger partial charge on any atom is 0.259 e. The fourth-order valence-corrected chi connectivity index (χ4v) is 4.29. The summed E-state index contributed by atoms with van der Waals surface area (Å²) in [5.74, 6) is 1.68. The summed E-state index contributed by atoms with van der Waals surface area (Å²) in [6, 6.07) is 2.46. The van der Waals surface area contributed by atoms with Gasteiger partial charge in [0.2, 0.25) is 0 Å². The molecule has 26 heavy (non-hydrogen) atoms. The van der Waals surface area contributed by atoms with E-state index in [1.807, 2.05) is 23.4 Å². The normalized spacial score (nSPS) is 21.2. The molecule has 4 rings (SSSR count). The van der Waals surface area contributed by atoms with Crippen molar-refractivity contribution in [3.63, 3.8) is 0 Å². The predicted octanol–water partition coefficient (Wildman–Crippen LogP) is 2.03. The van der Waals surface area contributed by atoms with Crippen molar-refractivity contribution in [2.24, 2.45) is 0 Å². The molecule has 1 fully saturated rings. The van der Waals surface area contributed by atoms with Gasteiger partial charge in [-0.15, -0.1) is 24.2 Å². The molecule has 1 amide bonds. The number of anilines is 1. The van der Waals surface area contributed by atoms with Crippen LogP contribution in [0.5, 0.6) is 0 Å². The predicted molar refractivity (Wildman–Crippen MR) is 108 cm³/mol. The largest absolute Gasteiger partial charge is 0.348 e. The number of aromatic nitrogens is 3. The fraction of sp³-hybridized carbons (Fsp3) is 0.471. The van der Waals surface area contributed by atoms with E-state index >= 15 is 0 Å². The second kappa shape index (κ2) is 8.28. The molecule has 0 radical (unpaired) electrons. The highest BCUT2D eigenvalue weighted by atomic mass is 35.5. The number of H-pyrrole nitrogens is 1. The molecular formula is C17H23ClN6OS. The van der Waals surface area contributed by atoms with Crippen molar-refractivity contribution in [3.8, 4) is 0 Å². The molecule has 9 heteroatoms. The summed E-state index contributed by atoms with van der Waals surface area (Å²) < 4.78 is 0. The maximum absolute atomic E-state index is 12.7. The number of halogens is 1. The van der Waals surface area contributed by atoms with Crippen LogP contribution in [0.25, 0.3) is 11.0 Å². The molecule has 3 N–H and O–H groups in total. The zero-order valence-corrected chi connectivity index (χ0v) is 16.2. The lowest BCUT2D eigenvalue weighted by molar-refractivity contribution is -0.117. The van der Waals surface area contributed by atoms with E-state index in [4.69, 9.17) is 0 Å². The van der Waals surface area contributed by atoms with Crippen molar-refractivity contribution in [3.05, 3.63) is 29.7 Å². The van der Waals surface area contributed by atoms with Gasteiger partial charge in [-0.3, -0.25) is 4.79 Å². The van der Waals surface area contributed by atoms with Crippen LogP contribution in [-0.4, -0.2) is 51.8 Å². The van der Waals surface area contributed by atoms with Crippen molar-refractivity contribution >= 4 is 46.9 Å². The van der Waals surface area contributed by atoms with E-state index in [2.05, 4.69) is 32.5 Å². The highest BCUT2D eigenvalue weighted by Gasteiger charge is 2.25. The minimum absolute atomic E-state index is 0. The summed E-state index contributed by atoms with van der Waals surface area (Å²) in [6.45, 7) is 3.93. The van der Waals surface area contributed by atoms with Gasteiger partial charge in [0, 0.05) is 36.8 Å². The van der Waals surface area contributed by atoms with Crippen LogP contribution in [0.1, 0.15) is 19.8 Å². The van der Waals surface area contributed by atoms with Crippen molar-refractivity contribution in [2.75, 3.05) is 23.7 Å². The Hall–Kier alpha value is -1.77. The summed E-state index contributed by atoms with van der Waals surface area (Å²) in [5.41, 5.74) is 0.809. The summed E-state index contributed by atoms with van der Waals surface area (Å²) >= 11 is 1.60. The molecule has 0 bridgehead atoms.